The van der Waals surface area contributed by atoms with Crippen molar-refractivity contribution in [1.82, 2.24) is 20.5 Å². The second-order valence-electron chi connectivity index (χ2n) is 7.00. The first-order chi connectivity index (χ1) is 13.6. The van der Waals surface area contributed by atoms with E-state index in [1.807, 2.05) is 12.1 Å². The zero-order chi connectivity index (χ0) is 19.3. The van der Waals surface area contributed by atoms with E-state index in [-0.39, 0.29) is 5.91 Å². The number of nitrogens with zero attached hydrogens (tertiary/aromatic N) is 5. The Balaban J connectivity index is 1.54. The van der Waals surface area contributed by atoms with Gasteiger partial charge in [0.1, 0.15) is 0 Å². The minimum Gasteiger partial charge on any atom is -0.370 e. The SMILES string of the molecule is Cc1cc(C(=O)Nc2ccc(N3CCCC3)c3nonc23)c2c(C)noc2n1. The van der Waals surface area contributed by atoms with Gasteiger partial charge in [0.15, 0.2) is 11.0 Å². The second kappa shape index (κ2) is 6.29. The molecule has 4 heterocycles. The van der Waals surface area contributed by atoms with E-state index in [9.17, 15) is 4.79 Å². The van der Waals surface area contributed by atoms with Crippen LogP contribution in [0.5, 0.6) is 0 Å². The molecule has 1 amide bonds. The van der Waals surface area contributed by atoms with E-state index in [4.69, 9.17) is 9.15 Å². The fraction of sp³-hybridized carbons (Fsp3) is 0.316. The maximum Gasteiger partial charge on any atom is 0.258 e. The maximum absolute atomic E-state index is 13.0. The normalized spacial score (nSPS) is 14.3. The van der Waals surface area contributed by atoms with Gasteiger partial charge in [-0.2, -0.15) is 0 Å². The van der Waals surface area contributed by atoms with Crippen molar-refractivity contribution < 1.29 is 13.9 Å². The summed E-state index contributed by atoms with van der Waals surface area (Å²) in [7, 11) is 0. The summed E-state index contributed by atoms with van der Waals surface area (Å²) in [6, 6.07) is 5.51. The van der Waals surface area contributed by atoms with Crippen molar-refractivity contribution in [2.45, 2.75) is 26.7 Å². The van der Waals surface area contributed by atoms with Gasteiger partial charge in [0.25, 0.3) is 11.6 Å². The van der Waals surface area contributed by atoms with Crippen LogP contribution in [0.4, 0.5) is 11.4 Å². The highest BCUT2D eigenvalue weighted by Crippen LogP contribution is 2.32. The molecule has 9 heteroatoms. The number of aryl methyl sites for hydroxylation is 2. The summed E-state index contributed by atoms with van der Waals surface area (Å²) in [5, 5.41) is 15.5. The summed E-state index contributed by atoms with van der Waals surface area (Å²) in [5.74, 6) is -0.292. The van der Waals surface area contributed by atoms with Crippen LogP contribution < -0.4 is 10.2 Å². The first-order valence-corrected chi connectivity index (χ1v) is 9.17. The number of fused-ring (bicyclic) bond motifs is 2. The molecule has 1 N–H and O–H groups in total. The molecule has 9 nitrogen and oxygen atoms in total. The topological polar surface area (TPSA) is 110 Å². The van der Waals surface area contributed by atoms with E-state index in [2.05, 4.69) is 30.7 Å². The van der Waals surface area contributed by atoms with Gasteiger partial charge in [-0.05, 0) is 55.2 Å². The van der Waals surface area contributed by atoms with E-state index in [0.717, 1.165) is 31.6 Å². The molecular formula is C19H18N6O3. The Labute approximate surface area is 159 Å². The van der Waals surface area contributed by atoms with Gasteiger partial charge in [-0.15, -0.1) is 0 Å². The molecule has 28 heavy (non-hydrogen) atoms. The molecule has 0 spiro atoms. The first-order valence-electron chi connectivity index (χ1n) is 9.17. The quantitative estimate of drug-likeness (QED) is 0.578. The minimum atomic E-state index is -0.292. The monoisotopic (exact) mass is 378 g/mol. The fourth-order valence-electron chi connectivity index (χ4n) is 3.75. The molecule has 0 aliphatic carbocycles. The number of carbonyl (C=O) groups is 1. The predicted molar refractivity (Wildman–Crippen MR) is 102 cm³/mol. The van der Waals surface area contributed by atoms with Crippen LogP contribution in [0.2, 0.25) is 0 Å². The third kappa shape index (κ3) is 2.58. The number of aromatic nitrogens is 4. The predicted octanol–water partition coefficient (Wildman–Crippen LogP) is 3.23. The number of rotatable bonds is 3. The summed E-state index contributed by atoms with van der Waals surface area (Å²) < 4.78 is 10.2. The number of nitrogens with one attached hydrogen (secondary N) is 1. The molecule has 0 atom stereocenters. The minimum absolute atomic E-state index is 0.292. The van der Waals surface area contributed by atoms with Gasteiger partial charge in [-0.25, -0.2) is 9.61 Å². The van der Waals surface area contributed by atoms with Crippen LogP contribution in [0.15, 0.2) is 27.4 Å². The highest BCUT2D eigenvalue weighted by molar-refractivity contribution is 6.14. The molecule has 1 fully saturated rings. The molecule has 0 bridgehead atoms. The number of hydrogen-bond donors (Lipinski definition) is 1. The van der Waals surface area contributed by atoms with Gasteiger partial charge in [-0.1, -0.05) is 5.16 Å². The lowest BCUT2D eigenvalue weighted by Crippen LogP contribution is -2.18. The van der Waals surface area contributed by atoms with Gasteiger partial charge < -0.3 is 14.7 Å². The molecule has 0 unspecified atom stereocenters. The van der Waals surface area contributed by atoms with Crippen LogP contribution in [-0.2, 0) is 0 Å². The van der Waals surface area contributed by atoms with Gasteiger partial charge in [-0.3, -0.25) is 4.79 Å². The van der Waals surface area contributed by atoms with Gasteiger partial charge >= 0.3 is 0 Å². The molecule has 4 aromatic rings. The number of pyridine rings is 1. The third-order valence-corrected chi connectivity index (χ3v) is 5.08. The molecule has 5 rings (SSSR count). The average molecular weight is 378 g/mol. The van der Waals surface area contributed by atoms with E-state index < -0.39 is 0 Å². The van der Waals surface area contributed by atoms with E-state index in [1.54, 1.807) is 19.9 Å². The molecule has 1 aromatic carbocycles. The third-order valence-electron chi connectivity index (χ3n) is 5.08. The van der Waals surface area contributed by atoms with Crippen molar-refractivity contribution >= 4 is 39.4 Å². The summed E-state index contributed by atoms with van der Waals surface area (Å²) >= 11 is 0. The summed E-state index contributed by atoms with van der Waals surface area (Å²) in [6.45, 7) is 5.55. The van der Waals surface area contributed by atoms with Crippen LogP contribution in [0.3, 0.4) is 0 Å². The van der Waals surface area contributed by atoms with Crippen LogP contribution in [0.25, 0.3) is 22.1 Å². The first kappa shape index (κ1) is 16.7. The van der Waals surface area contributed by atoms with Crippen molar-refractivity contribution in [1.29, 1.82) is 0 Å². The molecule has 1 aliphatic rings. The van der Waals surface area contributed by atoms with Crippen molar-refractivity contribution in [2.24, 2.45) is 0 Å². The standard InChI is InChI=1S/C19H18N6O3/c1-10-9-12(15-11(2)22-27-19(15)20-10)18(26)21-13-5-6-14(25-7-3-4-8-25)17-16(13)23-28-24-17/h5-6,9H,3-4,7-8H2,1-2H3,(H,21,26). The number of carbonyl (C=O) groups excluding carboxylic acids is 1. The number of hydrogen-bond acceptors (Lipinski definition) is 8. The summed E-state index contributed by atoms with van der Waals surface area (Å²) in [6.07, 6.45) is 2.31. The Morgan fingerprint density at radius 3 is 2.71 bits per heavy atom. The van der Waals surface area contributed by atoms with Gasteiger partial charge in [0, 0.05) is 18.8 Å². The van der Waals surface area contributed by atoms with Crippen molar-refractivity contribution in [3.05, 3.63) is 35.2 Å². The molecule has 1 aliphatic heterocycles. The van der Waals surface area contributed by atoms with Crippen molar-refractivity contribution in [2.75, 3.05) is 23.3 Å². The molecule has 3 aromatic heterocycles. The Kier molecular flexibility index (Phi) is 3.75. The van der Waals surface area contributed by atoms with Crippen LogP contribution in [0, 0.1) is 13.8 Å². The Bertz CT molecular complexity index is 1210. The van der Waals surface area contributed by atoms with Crippen LogP contribution >= 0.6 is 0 Å². The van der Waals surface area contributed by atoms with Crippen LogP contribution in [-0.4, -0.2) is 39.5 Å². The maximum atomic E-state index is 13.0. The molecule has 0 radical (unpaired) electrons. The van der Waals surface area contributed by atoms with E-state index >= 15 is 0 Å². The Morgan fingerprint density at radius 1 is 1.11 bits per heavy atom. The average Bonchev–Trinajstić information content (AvgIpc) is 3.42. The highest BCUT2D eigenvalue weighted by Gasteiger charge is 2.22. The second-order valence-corrected chi connectivity index (χ2v) is 7.00. The zero-order valence-corrected chi connectivity index (χ0v) is 15.5. The fourth-order valence-corrected chi connectivity index (χ4v) is 3.75. The van der Waals surface area contributed by atoms with Crippen LogP contribution in [0.1, 0.15) is 34.6 Å². The van der Waals surface area contributed by atoms with Crippen molar-refractivity contribution in [3.63, 3.8) is 0 Å². The molecule has 0 saturated carbocycles. The lowest BCUT2D eigenvalue weighted by molar-refractivity contribution is 0.102. The molecule has 1 saturated heterocycles. The Morgan fingerprint density at radius 2 is 1.89 bits per heavy atom. The summed E-state index contributed by atoms with van der Waals surface area (Å²) in [4.78, 5) is 19.6. The smallest absolute Gasteiger partial charge is 0.258 e. The highest BCUT2D eigenvalue weighted by atomic mass is 16.6. The molecule has 142 valence electrons. The lowest BCUT2D eigenvalue weighted by Gasteiger charge is -2.18. The van der Waals surface area contributed by atoms with Crippen molar-refractivity contribution in [3.8, 4) is 0 Å². The zero-order valence-electron chi connectivity index (χ0n) is 15.5. The number of anilines is 2. The summed E-state index contributed by atoms with van der Waals surface area (Å²) in [5.41, 5.74) is 4.79. The lowest BCUT2D eigenvalue weighted by atomic mass is 10.1. The van der Waals surface area contributed by atoms with Gasteiger partial charge in [0.2, 0.25) is 0 Å². The van der Waals surface area contributed by atoms with E-state index in [0.29, 0.717) is 44.8 Å². The van der Waals surface area contributed by atoms with Gasteiger partial charge in [0.05, 0.1) is 28.0 Å². The number of amides is 1. The largest absolute Gasteiger partial charge is 0.370 e. The van der Waals surface area contributed by atoms with E-state index in [1.165, 1.54) is 0 Å². The molecular weight excluding hydrogens is 360 g/mol. The Hall–Kier alpha value is -3.49. The number of benzene rings is 1.